The summed E-state index contributed by atoms with van der Waals surface area (Å²) >= 11 is 0. The van der Waals surface area contributed by atoms with E-state index in [1.54, 1.807) is 12.1 Å². The highest BCUT2D eigenvalue weighted by molar-refractivity contribution is 6.04. The van der Waals surface area contributed by atoms with Gasteiger partial charge in [-0.05, 0) is 25.0 Å². The topological polar surface area (TPSA) is 66.7 Å². The van der Waals surface area contributed by atoms with Crippen molar-refractivity contribution in [3.63, 3.8) is 0 Å². The summed E-state index contributed by atoms with van der Waals surface area (Å²) in [7, 11) is 0. The molecule has 0 spiro atoms. The van der Waals surface area contributed by atoms with E-state index in [1.807, 2.05) is 0 Å². The number of rotatable bonds is 1. The van der Waals surface area contributed by atoms with Gasteiger partial charge in [0.15, 0.2) is 11.3 Å². The Hall–Kier alpha value is -1.94. The van der Waals surface area contributed by atoms with Gasteiger partial charge in [0.05, 0.1) is 23.5 Å². The zero-order chi connectivity index (χ0) is 11.6. The highest BCUT2D eigenvalue weighted by Crippen LogP contribution is 2.52. The van der Waals surface area contributed by atoms with Crippen LogP contribution in [0.15, 0.2) is 33.5 Å². The van der Waals surface area contributed by atoms with Gasteiger partial charge in [0.2, 0.25) is 0 Å². The molecule has 0 saturated heterocycles. The quantitative estimate of drug-likeness (QED) is 0.674. The molecule has 0 bridgehead atoms. The number of hydrogen-bond acceptors (Lipinski definition) is 4. The Labute approximate surface area is 96.1 Å². The van der Waals surface area contributed by atoms with Crippen LogP contribution in [0.2, 0.25) is 0 Å². The number of aromatic hydroxyl groups is 1. The lowest BCUT2D eigenvalue weighted by atomic mass is 10.00. The average Bonchev–Trinajstić information content (AvgIpc) is 2.79. The number of phenols is 1. The van der Waals surface area contributed by atoms with E-state index in [-0.39, 0.29) is 5.75 Å². The molecule has 4 rings (SSSR count). The largest absolute Gasteiger partial charge is 0.504 e. The van der Waals surface area contributed by atoms with Crippen molar-refractivity contribution in [1.82, 2.24) is 0 Å². The lowest BCUT2D eigenvalue weighted by molar-refractivity contribution is 0.153. The summed E-state index contributed by atoms with van der Waals surface area (Å²) < 4.78 is 10.7. The molecule has 3 aromatic rings. The predicted octanol–water partition coefficient (Wildman–Crippen LogP) is 2.87. The maximum atomic E-state index is 10.3. The van der Waals surface area contributed by atoms with Crippen LogP contribution in [0.4, 0.5) is 0 Å². The van der Waals surface area contributed by atoms with Crippen LogP contribution in [0.25, 0.3) is 21.9 Å². The van der Waals surface area contributed by atoms with Crippen LogP contribution in [-0.4, -0.2) is 10.2 Å². The Morgan fingerprint density at radius 3 is 2.35 bits per heavy atom. The van der Waals surface area contributed by atoms with Crippen molar-refractivity contribution in [2.75, 3.05) is 0 Å². The Bertz CT molecular complexity index is 679. The SMILES string of the molecule is Oc1c2ccoc2c(C2(O)CC2)c2ccoc12. The van der Waals surface area contributed by atoms with Crippen LogP contribution < -0.4 is 0 Å². The van der Waals surface area contributed by atoms with E-state index in [1.165, 1.54) is 12.5 Å². The van der Waals surface area contributed by atoms with Gasteiger partial charge in [-0.1, -0.05) is 0 Å². The van der Waals surface area contributed by atoms with Gasteiger partial charge in [0.25, 0.3) is 0 Å². The summed E-state index contributed by atoms with van der Waals surface area (Å²) in [5.41, 5.74) is 0.871. The molecule has 2 heterocycles. The molecule has 4 nitrogen and oxygen atoms in total. The van der Waals surface area contributed by atoms with Gasteiger partial charge in [-0.3, -0.25) is 0 Å². The van der Waals surface area contributed by atoms with Gasteiger partial charge in [-0.2, -0.15) is 0 Å². The first kappa shape index (κ1) is 9.13. The molecule has 0 aliphatic heterocycles. The fraction of sp³-hybridized carbons (Fsp3) is 0.231. The number of hydrogen-bond donors (Lipinski definition) is 2. The minimum absolute atomic E-state index is 0.0711. The Balaban J connectivity index is 2.29. The summed E-state index contributed by atoms with van der Waals surface area (Å²) in [5.74, 6) is 0.0711. The first-order valence-electron chi connectivity index (χ1n) is 5.53. The van der Waals surface area contributed by atoms with E-state index < -0.39 is 5.60 Å². The lowest BCUT2D eigenvalue weighted by Gasteiger charge is -2.10. The molecule has 0 amide bonds. The minimum atomic E-state index is -0.827. The molecule has 2 aromatic heterocycles. The number of phenolic OH excluding ortho intramolecular Hbond substituents is 1. The van der Waals surface area contributed by atoms with E-state index >= 15 is 0 Å². The standard InChI is InChI=1S/C13H10O4/c14-10-8-2-6-16-11(8)9(13(15)3-4-13)7-1-5-17-12(7)10/h1-2,5-6,14-15H,3-4H2. The van der Waals surface area contributed by atoms with Crippen molar-refractivity contribution in [2.24, 2.45) is 0 Å². The van der Waals surface area contributed by atoms with E-state index in [2.05, 4.69) is 0 Å². The minimum Gasteiger partial charge on any atom is -0.504 e. The molecule has 86 valence electrons. The zero-order valence-corrected chi connectivity index (χ0v) is 8.93. The van der Waals surface area contributed by atoms with E-state index in [0.717, 1.165) is 10.9 Å². The molecule has 0 radical (unpaired) electrons. The number of fused-ring (bicyclic) bond motifs is 2. The number of aliphatic hydroxyl groups is 1. The Kier molecular flexibility index (Phi) is 1.42. The molecule has 17 heavy (non-hydrogen) atoms. The summed E-state index contributed by atoms with van der Waals surface area (Å²) in [6, 6.07) is 3.44. The van der Waals surface area contributed by atoms with Crippen molar-refractivity contribution in [2.45, 2.75) is 18.4 Å². The van der Waals surface area contributed by atoms with Gasteiger partial charge in [0.1, 0.15) is 5.58 Å². The van der Waals surface area contributed by atoms with E-state index in [4.69, 9.17) is 8.83 Å². The molecular formula is C13H10O4. The van der Waals surface area contributed by atoms with Crippen molar-refractivity contribution in [1.29, 1.82) is 0 Å². The first-order valence-corrected chi connectivity index (χ1v) is 5.53. The van der Waals surface area contributed by atoms with Gasteiger partial charge < -0.3 is 19.0 Å². The Morgan fingerprint density at radius 2 is 1.65 bits per heavy atom. The van der Waals surface area contributed by atoms with Crippen LogP contribution >= 0.6 is 0 Å². The van der Waals surface area contributed by atoms with E-state index in [9.17, 15) is 10.2 Å². The predicted molar refractivity (Wildman–Crippen MR) is 60.8 cm³/mol. The molecule has 1 aliphatic carbocycles. The summed E-state index contributed by atoms with van der Waals surface area (Å²) in [4.78, 5) is 0. The molecule has 1 saturated carbocycles. The fourth-order valence-electron chi connectivity index (χ4n) is 2.45. The third-order valence-electron chi connectivity index (χ3n) is 3.49. The normalized spacial score (nSPS) is 17.9. The second-order valence-electron chi connectivity index (χ2n) is 4.58. The molecule has 1 fully saturated rings. The molecule has 0 atom stereocenters. The van der Waals surface area contributed by atoms with Crippen molar-refractivity contribution in [3.05, 3.63) is 30.2 Å². The average molecular weight is 230 g/mol. The van der Waals surface area contributed by atoms with Crippen molar-refractivity contribution < 1.29 is 19.0 Å². The third kappa shape index (κ3) is 1.01. The molecule has 2 N–H and O–H groups in total. The second kappa shape index (κ2) is 2.65. The zero-order valence-electron chi connectivity index (χ0n) is 8.93. The molecule has 1 aromatic carbocycles. The van der Waals surface area contributed by atoms with Crippen LogP contribution in [0.5, 0.6) is 5.75 Å². The van der Waals surface area contributed by atoms with Gasteiger partial charge in [-0.25, -0.2) is 0 Å². The first-order chi connectivity index (χ1) is 8.21. The summed E-state index contributed by atoms with van der Waals surface area (Å²) in [6.45, 7) is 0. The lowest BCUT2D eigenvalue weighted by Crippen LogP contribution is -2.05. The summed E-state index contributed by atoms with van der Waals surface area (Å²) in [6.07, 6.45) is 4.46. The number of benzene rings is 1. The van der Waals surface area contributed by atoms with Crippen LogP contribution in [0.1, 0.15) is 18.4 Å². The molecule has 1 aliphatic rings. The van der Waals surface area contributed by atoms with Crippen LogP contribution in [0, 0.1) is 0 Å². The highest BCUT2D eigenvalue weighted by atomic mass is 16.4. The monoisotopic (exact) mass is 230 g/mol. The highest BCUT2D eigenvalue weighted by Gasteiger charge is 2.46. The second-order valence-corrected chi connectivity index (χ2v) is 4.58. The maximum absolute atomic E-state index is 10.3. The fourth-order valence-corrected chi connectivity index (χ4v) is 2.45. The third-order valence-corrected chi connectivity index (χ3v) is 3.49. The van der Waals surface area contributed by atoms with Gasteiger partial charge in [-0.15, -0.1) is 0 Å². The smallest absolute Gasteiger partial charge is 0.176 e. The number of furan rings is 2. The van der Waals surface area contributed by atoms with Gasteiger partial charge in [0, 0.05) is 10.9 Å². The molecular weight excluding hydrogens is 220 g/mol. The summed E-state index contributed by atoms with van der Waals surface area (Å²) in [5, 5.41) is 21.7. The van der Waals surface area contributed by atoms with E-state index in [0.29, 0.717) is 29.4 Å². The van der Waals surface area contributed by atoms with Gasteiger partial charge >= 0.3 is 0 Å². The van der Waals surface area contributed by atoms with Crippen molar-refractivity contribution in [3.8, 4) is 5.75 Å². The van der Waals surface area contributed by atoms with Crippen LogP contribution in [-0.2, 0) is 5.60 Å². The van der Waals surface area contributed by atoms with Crippen LogP contribution in [0.3, 0.4) is 0 Å². The maximum Gasteiger partial charge on any atom is 0.176 e. The Morgan fingerprint density at radius 1 is 1.00 bits per heavy atom. The molecule has 0 unspecified atom stereocenters. The van der Waals surface area contributed by atoms with Crippen molar-refractivity contribution >= 4 is 21.9 Å². The molecule has 4 heteroatoms.